The Kier molecular flexibility index (Phi) is 5.65. The van der Waals surface area contributed by atoms with E-state index >= 15 is 0 Å². The first-order valence-electron chi connectivity index (χ1n) is 3.89. The van der Waals surface area contributed by atoms with Crippen LogP contribution in [0.4, 0.5) is 8.78 Å². The van der Waals surface area contributed by atoms with Crippen LogP contribution in [0, 0.1) is 0 Å². The molecule has 0 aliphatic rings. The van der Waals surface area contributed by atoms with E-state index in [-0.39, 0.29) is 0 Å². The van der Waals surface area contributed by atoms with Gasteiger partial charge in [0.1, 0.15) is 0 Å². The third kappa shape index (κ3) is 3.88. The fourth-order valence-electron chi connectivity index (χ4n) is 0.778. The molecule has 0 aromatic heterocycles. The molecule has 0 saturated heterocycles. The molecule has 0 atom stereocenters. The third-order valence-electron chi connectivity index (χ3n) is 1.44. The van der Waals surface area contributed by atoms with Gasteiger partial charge in [0.05, 0.1) is 5.57 Å². The molecule has 0 rings (SSSR count). The standard InChI is InChI=1S/C8H8Cl3F2NO2/c1-14(2)3-4(5(15)6(9)16)8(10,11)7(12)13/h3,7H,1-2H3. The molecule has 0 aliphatic carbocycles. The Balaban J connectivity index is 5.44. The lowest BCUT2D eigenvalue weighted by atomic mass is 10.1. The zero-order chi connectivity index (χ0) is 13.1. The number of carbonyl (C=O) groups is 2. The first-order chi connectivity index (χ1) is 7.10. The highest BCUT2D eigenvalue weighted by Gasteiger charge is 2.44. The molecule has 16 heavy (non-hydrogen) atoms. The monoisotopic (exact) mass is 293 g/mol. The lowest BCUT2D eigenvalue weighted by molar-refractivity contribution is -0.130. The van der Waals surface area contributed by atoms with Crippen molar-refractivity contribution in [3.05, 3.63) is 11.8 Å². The zero-order valence-electron chi connectivity index (χ0n) is 8.31. The van der Waals surface area contributed by atoms with Gasteiger partial charge in [-0.05, 0) is 11.6 Å². The molecule has 0 radical (unpaired) electrons. The summed E-state index contributed by atoms with van der Waals surface area (Å²) in [5.74, 6) is -1.36. The zero-order valence-corrected chi connectivity index (χ0v) is 10.6. The predicted molar refractivity (Wildman–Crippen MR) is 58.1 cm³/mol. The Morgan fingerprint density at radius 2 is 1.75 bits per heavy atom. The van der Waals surface area contributed by atoms with Gasteiger partial charge >= 0.3 is 0 Å². The number of ketones is 1. The summed E-state index contributed by atoms with van der Waals surface area (Å²) in [5, 5.41) is -1.43. The number of Topliss-reactive ketones (excluding diaryl/α,β-unsaturated/α-hetero) is 1. The topological polar surface area (TPSA) is 37.4 Å². The quantitative estimate of drug-likeness (QED) is 0.338. The Morgan fingerprint density at radius 1 is 1.31 bits per heavy atom. The van der Waals surface area contributed by atoms with Crippen LogP contribution in [0.5, 0.6) is 0 Å². The van der Waals surface area contributed by atoms with Gasteiger partial charge in [-0.2, -0.15) is 0 Å². The summed E-state index contributed by atoms with van der Waals surface area (Å²) in [4.78, 5) is 23.1. The molecule has 0 aromatic rings. The molecule has 0 N–H and O–H groups in total. The number of hydrogen-bond acceptors (Lipinski definition) is 3. The maximum Gasteiger partial charge on any atom is 0.292 e. The summed E-state index contributed by atoms with van der Waals surface area (Å²) in [5.41, 5.74) is -0.768. The molecule has 0 unspecified atom stereocenters. The van der Waals surface area contributed by atoms with Crippen LogP contribution >= 0.6 is 34.8 Å². The molecule has 0 amide bonds. The van der Waals surface area contributed by atoms with Crippen LogP contribution in [0.1, 0.15) is 0 Å². The van der Waals surface area contributed by atoms with E-state index in [9.17, 15) is 18.4 Å². The molecule has 0 heterocycles. The molecule has 0 bridgehead atoms. The van der Waals surface area contributed by atoms with Gasteiger partial charge in [-0.3, -0.25) is 9.59 Å². The van der Waals surface area contributed by atoms with Crippen molar-refractivity contribution in [2.75, 3.05) is 14.1 Å². The highest BCUT2D eigenvalue weighted by atomic mass is 35.5. The van der Waals surface area contributed by atoms with Crippen molar-refractivity contribution >= 4 is 45.8 Å². The van der Waals surface area contributed by atoms with E-state index < -0.39 is 27.4 Å². The summed E-state index contributed by atoms with van der Waals surface area (Å²) in [7, 11) is 2.89. The first kappa shape index (κ1) is 15.6. The minimum atomic E-state index is -3.23. The van der Waals surface area contributed by atoms with Crippen LogP contribution in [0.3, 0.4) is 0 Å². The van der Waals surface area contributed by atoms with Crippen molar-refractivity contribution in [1.29, 1.82) is 0 Å². The van der Waals surface area contributed by atoms with Gasteiger partial charge in [-0.15, -0.1) is 0 Å². The third-order valence-corrected chi connectivity index (χ3v) is 2.35. The second-order valence-electron chi connectivity index (χ2n) is 3.03. The van der Waals surface area contributed by atoms with Crippen molar-refractivity contribution in [3.8, 4) is 0 Å². The van der Waals surface area contributed by atoms with Crippen molar-refractivity contribution in [3.63, 3.8) is 0 Å². The van der Waals surface area contributed by atoms with Gasteiger partial charge in [0.2, 0.25) is 10.1 Å². The fourth-order valence-corrected chi connectivity index (χ4v) is 1.15. The Morgan fingerprint density at radius 3 is 2.00 bits per heavy atom. The molecule has 0 spiro atoms. The van der Waals surface area contributed by atoms with E-state index in [1.807, 2.05) is 0 Å². The van der Waals surface area contributed by atoms with Gasteiger partial charge < -0.3 is 4.90 Å². The Bertz CT molecular complexity index is 329. The fraction of sp³-hybridized carbons (Fsp3) is 0.500. The molecule has 3 nitrogen and oxygen atoms in total. The lowest BCUT2D eigenvalue weighted by Gasteiger charge is -2.21. The summed E-state index contributed by atoms with van der Waals surface area (Å²) >= 11 is 15.5. The van der Waals surface area contributed by atoms with Crippen molar-refractivity contribution in [1.82, 2.24) is 4.90 Å². The number of halogens is 5. The summed E-state index contributed by atoms with van der Waals surface area (Å²) < 4.78 is 22.2. The maximum absolute atomic E-state index is 12.5. The number of hydrogen-bond donors (Lipinski definition) is 0. The van der Waals surface area contributed by atoms with Crippen molar-refractivity contribution < 1.29 is 18.4 Å². The van der Waals surface area contributed by atoms with Gasteiger partial charge in [0.15, 0.2) is 0 Å². The highest BCUT2D eigenvalue weighted by Crippen LogP contribution is 2.37. The van der Waals surface area contributed by atoms with Crippen LogP contribution in [-0.4, -0.2) is 40.8 Å². The Hall–Kier alpha value is -0.390. The average molecular weight is 295 g/mol. The Labute approximate surface area is 106 Å². The maximum atomic E-state index is 12.5. The minimum absolute atomic E-state index is 0.768. The predicted octanol–water partition coefficient (Wildman–Crippen LogP) is 2.21. The summed E-state index contributed by atoms with van der Waals surface area (Å²) in [6, 6.07) is 0. The van der Waals surface area contributed by atoms with Crippen LogP contribution in [0.2, 0.25) is 0 Å². The molecular weight excluding hydrogens is 286 g/mol. The number of alkyl halides is 4. The average Bonchev–Trinajstić information content (AvgIpc) is 2.12. The molecule has 0 saturated carbocycles. The normalized spacial score (nSPS) is 12.9. The second kappa shape index (κ2) is 5.80. The molecule has 8 heteroatoms. The summed E-state index contributed by atoms with van der Waals surface area (Å²) in [6.07, 6.45) is -2.31. The van der Waals surface area contributed by atoms with Crippen molar-refractivity contribution in [2.45, 2.75) is 10.8 Å². The van der Waals surface area contributed by atoms with E-state index in [0.717, 1.165) is 6.20 Å². The van der Waals surface area contributed by atoms with Crippen LogP contribution in [0.15, 0.2) is 11.8 Å². The van der Waals surface area contributed by atoms with Crippen LogP contribution in [-0.2, 0) is 9.59 Å². The minimum Gasteiger partial charge on any atom is -0.383 e. The molecule has 0 fully saturated rings. The molecular formula is C8H8Cl3F2NO2. The van der Waals surface area contributed by atoms with E-state index in [2.05, 4.69) is 0 Å². The molecule has 92 valence electrons. The number of rotatable bonds is 5. The second-order valence-corrected chi connectivity index (χ2v) is 4.76. The van der Waals surface area contributed by atoms with E-state index in [1.54, 1.807) is 0 Å². The number of carbonyl (C=O) groups excluding carboxylic acids is 2. The first-order valence-corrected chi connectivity index (χ1v) is 5.03. The van der Waals surface area contributed by atoms with Crippen molar-refractivity contribution in [2.24, 2.45) is 0 Å². The summed E-state index contributed by atoms with van der Waals surface area (Å²) in [6.45, 7) is 0. The van der Waals surface area contributed by atoms with Crippen LogP contribution in [0.25, 0.3) is 0 Å². The van der Waals surface area contributed by atoms with E-state index in [4.69, 9.17) is 34.8 Å². The van der Waals surface area contributed by atoms with Crippen LogP contribution < -0.4 is 0 Å². The number of allylic oxidation sites excluding steroid dienone is 1. The smallest absolute Gasteiger partial charge is 0.292 e. The SMILES string of the molecule is CN(C)C=C(C(=O)C(=O)Cl)C(Cl)(Cl)C(F)F. The lowest BCUT2D eigenvalue weighted by Crippen LogP contribution is -2.34. The van der Waals surface area contributed by atoms with E-state index in [1.165, 1.54) is 19.0 Å². The molecule has 0 aliphatic heterocycles. The number of nitrogens with zero attached hydrogens (tertiary/aromatic N) is 1. The van der Waals surface area contributed by atoms with Gasteiger partial charge in [0, 0.05) is 20.3 Å². The van der Waals surface area contributed by atoms with Gasteiger partial charge in [-0.25, -0.2) is 8.78 Å². The highest BCUT2D eigenvalue weighted by molar-refractivity contribution is 6.84. The van der Waals surface area contributed by atoms with Gasteiger partial charge in [-0.1, -0.05) is 23.2 Å². The van der Waals surface area contributed by atoms with E-state index in [0.29, 0.717) is 0 Å². The van der Waals surface area contributed by atoms with Gasteiger partial charge in [0.25, 0.3) is 11.7 Å². The largest absolute Gasteiger partial charge is 0.383 e. The molecule has 0 aromatic carbocycles.